The molecule has 20 heavy (non-hydrogen) atoms. The van der Waals surface area contributed by atoms with E-state index in [0.29, 0.717) is 17.9 Å². The van der Waals surface area contributed by atoms with Crippen molar-refractivity contribution >= 4 is 17.6 Å². The van der Waals surface area contributed by atoms with Gasteiger partial charge >= 0.3 is 6.03 Å². The molecular weight excluding hydrogens is 256 g/mol. The molecule has 5 nitrogen and oxygen atoms in total. The molecule has 1 heterocycles. The van der Waals surface area contributed by atoms with Crippen molar-refractivity contribution in [1.82, 2.24) is 5.32 Å². The minimum absolute atomic E-state index is 0.124. The van der Waals surface area contributed by atoms with Crippen molar-refractivity contribution in [2.24, 2.45) is 0 Å². The van der Waals surface area contributed by atoms with E-state index in [2.05, 4.69) is 5.32 Å². The summed E-state index contributed by atoms with van der Waals surface area (Å²) in [6, 6.07) is 6.63. The van der Waals surface area contributed by atoms with Gasteiger partial charge in [-0.25, -0.2) is 9.69 Å². The van der Waals surface area contributed by atoms with Crippen molar-refractivity contribution in [2.45, 2.75) is 37.6 Å². The molecule has 3 rings (SSSR count). The number of nitrogens with one attached hydrogen (secondary N) is 1. The zero-order chi connectivity index (χ0) is 14.2. The molecular formula is C15H18N2O3. The fraction of sp³-hybridized carbons (Fsp3) is 0.467. The number of carbonyl (C=O) groups excluding carboxylic acids is 2. The fourth-order valence-corrected chi connectivity index (χ4v) is 3.15. The van der Waals surface area contributed by atoms with E-state index >= 15 is 0 Å². The van der Waals surface area contributed by atoms with Crippen LogP contribution in [0.5, 0.6) is 5.75 Å². The average Bonchev–Trinajstić information content (AvgIpc) is 2.86. The van der Waals surface area contributed by atoms with Gasteiger partial charge < -0.3 is 10.1 Å². The van der Waals surface area contributed by atoms with Crippen LogP contribution >= 0.6 is 0 Å². The predicted molar refractivity (Wildman–Crippen MR) is 74.8 cm³/mol. The smallest absolute Gasteiger partial charge is 0.329 e. The Labute approximate surface area is 117 Å². The summed E-state index contributed by atoms with van der Waals surface area (Å²) in [5.74, 6) is 0.576. The van der Waals surface area contributed by atoms with Crippen LogP contribution in [0.25, 0.3) is 0 Å². The van der Waals surface area contributed by atoms with Gasteiger partial charge in [-0.1, -0.05) is 12.8 Å². The molecule has 1 aromatic rings. The Morgan fingerprint density at radius 3 is 2.35 bits per heavy atom. The molecule has 1 aliphatic carbocycles. The number of amides is 3. The molecule has 2 aliphatic rings. The van der Waals surface area contributed by atoms with Gasteiger partial charge in [0.25, 0.3) is 0 Å². The lowest BCUT2D eigenvalue weighted by atomic mass is 9.90. The number of methoxy groups -OCH3 is 1. The molecule has 0 radical (unpaired) electrons. The molecule has 1 spiro atoms. The minimum Gasteiger partial charge on any atom is -0.497 e. The van der Waals surface area contributed by atoms with Gasteiger partial charge in [-0.15, -0.1) is 0 Å². The standard InChI is InChI=1S/C15H18N2O3/c1-20-12-6-4-11(5-7-12)17-13(18)10-15(16-14(17)19)8-2-3-9-15/h4-7H,2-3,8-10H2,1H3,(H,16,19). The second-order valence-electron chi connectivity index (χ2n) is 5.52. The first-order valence-corrected chi connectivity index (χ1v) is 6.93. The number of benzene rings is 1. The van der Waals surface area contributed by atoms with Gasteiger partial charge in [-0.3, -0.25) is 4.79 Å². The van der Waals surface area contributed by atoms with E-state index in [1.165, 1.54) is 4.90 Å². The van der Waals surface area contributed by atoms with Gasteiger partial charge in [0, 0.05) is 0 Å². The van der Waals surface area contributed by atoms with Gasteiger partial charge in [0.2, 0.25) is 5.91 Å². The van der Waals surface area contributed by atoms with E-state index in [9.17, 15) is 9.59 Å². The third kappa shape index (κ3) is 2.13. The van der Waals surface area contributed by atoms with E-state index in [1.54, 1.807) is 31.4 Å². The quantitative estimate of drug-likeness (QED) is 0.901. The Kier molecular flexibility index (Phi) is 3.12. The van der Waals surface area contributed by atoms with Gasteiger partial charge in [-0.05, 0) is 37.1 Å². The third-order valence-corrected chi connectivity index (χ3v) is 4.21. The Bertz CT molecular complexity index is 513. The van der Waals surface area contributed by atoms with Crippen molar-refractivity contribution < 1.29 is 14.3 Å². The molecule has 1 saturated heterocycles. The summed E-state index contributed by atoms with van der Waals surface area (Å²) >= 11 is 0. The van der Waals surface area contributed by atoms with Gasteiger partial charge in [0.1, 0.15) is 5.75 Å². The maximum atomic E-state index is 12.4. The topological polar surface area (TPSA) is 58.6 Å². The molecule has 1 aliphatic heterocycles. The number of nitrogens with zero attached hydrogens (tertiary/aromatic N) is 1. The maximum absolute atomic E-state index is 12.4. The van der Waals surface area contributed by atoms with Crippen LogP contribution in [0.2, 0.25) is 0 Å². The molecule has 0 bridgehead atoms. The second kappa shape index (κ2) is 4.81. The summed E-state index contributed by atoms with van der Waals surface area (Å²) in [4.78, 5) is 25.9. The third-order valence-electron chi connectivity index (χ3n) is 4.21. The van der Waals surface area contributed by atoms with Gasteiger partial charge in [0.05, 0.1) is 24.8 Å². The highest BCUT2D eigenvalue weighted by Crippen LogP contribution is 2.36. The number of ether oxygens (including phenoxy) is 1. The summed E-state index contributed by atoms with van der Waals surface area (Å²) in [6.45, 7) is 0. The SMILES string of the molecule is COc1ccc(N2C(=O)CC3(CCCC3)NC2=O)cc1. The second-order valence-corrected chi connectivity index (χ2v) is 5.52. The highest BCUT2D eigenvalue weighted by Gasteiger charge is 2.45. The highest BCUT2D eigenvalue weighted by atomic mass is 16.5. The fourth-order valence-electron chi connectivity index (χ4n) is 3.15. The molecule has 0 aromatic heterocycles. The van der Waals surface area contributed by atoms with E-state index in [0.717, 1.165) is 25.7 Å². The molecule has 5 heteroatoms. The van der Waals surface area contributed by atoms with E-state index in [-0.39, 0.29) is 17.5 Å². The first kappa shape index (κ1) is 13.0. The number of rotatable bonds is 2. The maximum Gasteiger partial charge on any atom is 0.329 e. The van der Waals surface area contributed by atoms with Gasteiger partial charge in [-0.2, -0.15) is 0 Å². The lowest BCUT2D eigenvalue weighted by Gasteiger charge is -2.38. The summed E-state index contributed by atoms with van der Waals surface area (Å²) in [5.41, 5.74) is 0.290. The molecule has 106 valence electrons. The molecule has 1 saturated carbocycles. The summed E-state index contributed by atoms with van der Waals surface area (Å²) in [6.07, 6.45) is 4.36. The number of carbonyl (C=O) groups is 2. The Morgan fingerprint density at radius 2 is 1.80 bits per heavy atom. The summed E-state index contributed by atoms with van der Waals surface area (Å²) in [5, 5.41) is 3.03. The van der Waals surface area contributed by atoms with Crippen molar-refractivity contribution in [2.75, 3.05) is 12.0 Å². The normalized spacial score (nSPS) is 21.1. The van der Waals surface area contributed by atoms with Crippen molar-refractivity contribution in [3.63, 3.8) is 0 Å². The van der Waals surface area contributed by atoms with Gasteiger partial charge in [0.15, 0.2) is 0 Å². The van der Waals surface area contributed by atoms with Crippen LogP contribution in [0.3, 0.4) is 0 Å². The van der Waals surface area contributed by atoms with Crippen LogP contribution in [-0.2, 0) is 4.79 Å². The molecule has 2 fully saturated rings. The monoisotopic (exact) mass is 274 g/mol. The summed E-state index contributed by atoms with van der Waals surface area (Å²) in [7, 11) is 1.58. The van der Waals surface area contributed by atoms with Crippen molar-refractivity contribution in [1.29, 1.82) is 0 Å². The number of urea groups is 1. The molecule has 3 amide bonds. The van der Waals surface area contributed by atoms with E-state index in [1.807, 2.05) is 0 Å². The lowest BCUT2D eigenvalue weighted by Crippen LogP contribution is -2.61. The highest BCUT2D eigenvalue weighted by molar-refractivity contribution is 6.16. The Balaban J connectivity index is 1.83. The largest absolute Gasteiger partial charge is 0.497 e. The van der Waals surface area contributed by atoms with Crippen LogP contribution in [0, 0.1) is 0 Å². The lowest BCUT2D eigenvalue weighted by molar-refractivity contribution is -0.120. The zero-order valence-electron chi connectivity index (χ0n) is 11.5. The van der Waals surface area contributed by atoms with Crippen molar-refractivity contribution in [3.05, 3.63) is 24.3 Å². The van der Waals surface area contributed by atoms with Crippen LogP contribution < -0.4 is 15.0 Å². The van der Waals surface area contributed by atoms with E-state index < -0.39 is 0 Å². The molecule has 1 aromatic carbocycles. The average molecular weight is 274 g/mol. The summed E-state index contributed by atoms with van der Waals surface area (Å²) < 4.78 is 5.08. The predicted octanol–water partition coefficient (Wildman–Crippen LogP) is 2.45. The molecule has 0 atom stereocenters. The van der Waals surface area contributed by atoms with Crippen LogP contribution in [0.4, 0.5) is 10.5 Å². The number of imide groups is 1. The first-order valence-electron chi connectivity index (χ1n) is 6.93. The van der Waals surface area contributed by atoms with Crippen LogP contribution in [0.1, 0.15) is 32.1 Å². The first-order chi connectivity index (χ1) is 9.63. The number of anilines is 1. The zero-order valence-corrected chi connectivity index (χ0v) is 11.5. The Hall–Kier alpha value is -2.04. The number of hydrogen-bond acceptors (Lipinski definition) is 3. The molecule has 0 unspecified atom stereocenters. The Morgan fingerprint density at radius 1 is 1.15 bits per heavy atom. The van der Waals surface area contributed by atoms with E-state index in [4.69, 9.17) is 4.74 Å². The number of hydrogen-bond donors (Lipinski definition) is 1. The minimum atomic E-state index is -0.312. The van der Waals surface area contributed by atoms with Crippen LogP contribution in [-0.4, -0.2) is 24.6 Å². The van der Waals surface area contributed by atoms with Crippen LogP contribution in [0.15, 0.2) is 24.3 Å². The molecule has 1 N–H and O–H groups in total. The van der Waals surface area contributed by atoms with Crippen molar-refractivity contribution in [3.8, 4) is 5.75 Å².